The summed E-state index contributed by atoms with van der Waals surface area (Å²) >= 11 is 5.17. The monoisotopic (exact) mass is 274 g/mol. The zero-order valence-corrected chi connectivity index (χ0v) is 11.3. The van der Waals surface area contributed by atoms with Crippen LogP contribution in [0.5, 0.6) is 0 Å². The highest BCUT2D eigenvalue weighted by Gasteiger charge is 2.01. The van der Waals surface area contributed by atoms with Crippen LogP contribution in [-0.2, 0) is 6.54 Å². The van der Waals surface area contributed by atoms with E-state index in [-0.39, 0.29) is 5.78 Å². The first kappa shape index (κ1) is 13.3. The molecule has 0 aliphatic rings. The third-order valence-corrected chi connectivity index (χ3v) is 2.83. The molecule has 2 aromatic rings. The van der Waals surface area contributed by atoms with Crippen LogP contribution in [0.15, 0.2) is 47.3 Å². The van der Waals surface area contributed by atoms with Gasteiger partial charge in [0.05, 0.1) is 12.5 Å². The predicted octanol–water partition coefficient (Wildman–Crippen LogP) is 2.97. The molecule has 0 spiro atoms. The molecule has 1 aromatic heterocycles. The summed E-state index contributed by atoms with van der Waals surface area (Å²) in [5.41, 5.74) is 2.55. The number of hydrogen-bond acceptors (Lipinski definition) is 3. The van der Waals surface area contributed by atoms with Gasteiger partial charge in [0.2, 0.25) is 0 Å². The number of nitrogens with one attached hydrogen (secondary N) is 2. The maximum atomic E-state index is 11.1. The molecule has 0 bridgehead atoms. The van der Waals surface area contributed by atoms with Gasteiger partial charge < -0.3 is 15.1 Å². The first-order valence-electron chi connectivity index (χ1n) is 5.82. The number of thiocarbonyl (C=S) groups is 1. The van der Waals surface area contributed by atoms with Gasteiger partial charge in [0.25, 0.3) is 0 Å². The Morgan fingerprint density at radius 2 is 2.00 bits per heavy atom. The lowest BCUT2D eigenvalue weighted by molar-refractivity contribution is 0.101. The lowest BCUT2D eigenvalue weighted by atomic mass is 10.1. The van der Waals surface area contributed by atoms with Crippen LogP contribution in [0.2, 0.25) is 0 Å². The van der Waals surface area contributed by atoms with E-state index in [2.05, 4.69) is 10.6 Å². The first-order chi connectivity index (χ1) is 9.15. The molecule has 0 unspecified atom stereocenters. The Kier molecular flexibility index (Phi) is 4.30. The van der Waals surface area contributed by atoms with E-state index < -0.39 is 0 Å². The van der Waals surface area contributed by atoms with Crippen molar-refractivity contribution < 1.29 is 9.21 Å². The fraction of sp³-hybridized carbons (Fsp3) is 0.143. The summed E-state index contributed by atoms with van der Waals surface area (Å²) in [6.07, 6.45) is 3.28. The van der Waals surface area contributed by atoms with E-state index in [1.54, 1.807) is 31.6 Å². The van der Waals surface area contributed by atoms with Gasteiger partial charge in [0.1, 0.15) is 0 Å². The number of carbonyl (C=O) groups is 1. The van der Waals surface area contributed by atoms with Crippen LogP contribution < -0.4 is 10.6 Å². The predicted molar refractivity (Wildman–Crippen MR) is 78.2 cm³/mol. The van der Waals surface area contributed by atoms with Crippen molar-refractivity contribution in [2.45, 2.75) is 13.5 Å². The van der Waals surface area contributed by atoms with Gasteiger partial charge in [-0.25, -0.2) is 0 Å². The molecule has 19 heavy (non-hydrogen) atoms. The molecular formula is C14H14N2O2S. The zero-order valence-electron chi connectivity index (χ0n) is 10.5. The Balaban J connectivity index is 1.86. The van der Waals surface area contributed by atoms with E-state index in [0.717, 1.165) is 11.3 Å². The minimum atomic E-state index is 0.0483. The van der Waals surface area contributed by atoms with Crippen molar-refractivity contribution in [1.82, 2.24) is 5.32 Å². The van der Waals surface area contributed by atoms with Gasteiger partial charge in [0, 0.05) is 23.4 Å². The molecule has 5 heteroatoms. The van der Waals surface area contributed by atoms with Gasteiger partial charge in [-0.15, -0.1) is 0 Å². The number of carbonyl (C=O) groups excluding carboxylic acids is 1. The maximum Gasteiger partial charge on any atom is 0.171 e. The molecule has 0 fully saturated rings. The minimum absolute atomic E-state index is 0.0483. The van der Waals surface area contributed by atoms with E-state index in [9.17, 15) is 4.79 Å². The molecule has 1 aromatic carbocycles. The van der Waals surface area contributed by atoms with Gasteiger partial charge in [-0.3, -0.25) is 4.79 Å². The summed E-state index contributed by atoms with van der Waals surface area (Å²) < 4.78 is 4.97. The summed E-state index contributed by atoms with van der Waals surface area (Å²) in [7, 11) is 0. The summed E-state index contributed by atoms with van der Waals surface area (Å²) in [6, 6.07) is 9.05. The van der Waals surface area contributed by atoms with Crippen molar-refractivity contribution in [2.24, 2.45) is 0 Å². The summed E-state index contributed by atoms with van der Waals surface area (Å²) in [6.45, 7) is 2.15. The Morgan fingerprint density at radius 3 is 2.58 bits per heavy atom. The van der Waals surface area contributed by atoms with Crippen LogP contribution in [0.3, 0.4) is 0 Å². The van der Waals surface area contributed by atoms with E-state index in [0.29, 0.717) is 17.2 Å². The molecule has 0 saturated heterocycles. The molecule has 1 heterocycles. The largest absolute Gasteiger partial charge is 0.472 e. The van der Waals surface area contributed by atoms with Crippen LogP contribution >= 0.6 is 12.2 Å². The number of ketones is 1. The lowest BCUT2D eigenvalue weighted by Crippen LogP contribution is -2.27. The van der Waals surface area contributed by atoms with Gasteiger partial charge in [-0.1, -0.05) is 0 Å². The van der Waals surface area contributed by atoms with Crippen molar-refractivity contribution in [3.63, 3.8) is 0 Å². The molecular weight excluding hydrogens is 260 g/mol. The lowest BCUT2D eigenvalue weighted by Gasteiger charge is -2.09. The second kappa shape index (κ2) is 6.15. The van der Waals surface area contributed by atoms with Crippen molar-refractivity contribution in [1.29, 1.82) is 0 Å². The van der Waals surface area contributed by atoms with Crippen molar-refractivity contribution >= 4 is 28.8 Å². The molecule has 0 amide bonds. The number of hydrogen-bond donors (Lipinski definition) is 2. The average Bonchev–Trinajstić information content (AvgIpc) is 2.90. The highest BCUT2D eigenvalue weighted by atomic mass is 32.1. The molecule has 0 aliphatic heterocycles. The van der Waals surface area contributed by atoms with Gasteiger partial charge >= 0.3 is 0 Å². The number of Topliss-reactive ketones (excluding diaryl/α,β-unsaturated/α-hetero) is 1. The van der Waals surface area contributed by atoms with Crippen LogP contribution in [0.25, 0.3) is 0 Å². The fourth-order valence-electron chi connectivity index (χ4n) is 1.54. The number of anilines is 1. The third kappa shape index (κ3) is 3.93. The maximum absolute atomic E-state index is 11.1. The molecule has 2 N–H and O–H groups in total. The Labute approximate surface area is 116 Å². The fourth-order valence-corrected chi connectivity index (χ4v) is 1.73. The molecule has 98 valence electrons. The second-order valence-electron chi connectivity index (χ2n) is 4.07. The van der Waals surface area contributed by atoms with Crippen molar-refractivity contribution in [2.75, 3.05) is 5.32 Å². The smallest absolute Gasteiger partial charge is 0.171 e. The standard InChI is InChI=1S/C14H14N2O2S/c1-10(17)12-2-4-13(5-3-12)16-14(19)15-8-11-6-7-18-9-11/h2-7,9H,8H2,1H3,(H2,15,16,19). The Hall–Kier alpha value is -2.14. The summed E-state index contributed by atoms with van der Waals surface area (Å²) in [5, 5.41) is 6.64. The molecule has 2 rings (SSSR count). The molecule has 0 saturated carbocycles. The highest BCUT2D eigenvalue weighted by molar-refractivity contribution is 7.80. The van der Waals surface area contributed by atoms with Gasteiger partial charge in [-0.2, -0.15) is 0 Å². The summed E-state index contributed by atoms with van der Waals surface area (Å²) in [4.78, 5) is 11.1. The molecule has 0 radical (unpaired) electrons. The highest BCUT2D eigenvalue weighted by Crippen LogP contribution is 2.10. The topological polar surface area (TPSA) is 54.3 Å². The molecule has 0 atom stereocenters. The van der Waals surface area contributed by atoms with E-state index in [4.69, 9.17) is 16.6 Å². The third-order valence-electron chi connectivity index (χ3n) is 2.58. The van der Waals surface area contributed by atoms with Crippen LogP contribution in [0.1, 0.15) is 22.8 Å². The van der Waals surface area contributed by atoms with Crippen LogP contribution in [-0.4, -0.2) is 10.9 Å². The van der Waals surface area contributed by atoms with E-state index in [1.807, 2.05) is 18.2 Å². The summed E-state index contributed by atoms with van der Waals surface area (Å²) in [5.74, 6) is 0.0483. The SMILES string of the molecule is CC(=O)c1ccc(NC(=S)NCc2ccoc2)cc1. The second-order valence-corrected chi connectivity index (χ2v) is 4.48. The minimum Gasteiger partial charge on any atom is -0.472 e. The molecule has 4 nitrogen and oxygen atoms in total. The normalized spacial score (nSPS) is 9.95. The number of rotatable bonds is 4. The van der Waals surface area contributed by atoms with Crippen LogP contribution in [0, 0.1) is 0 Å². The van der Waals surface area contributed by atoms with Crippen molar-refractivity contribution in [3.05, 3.63) is 54.0 Å². The van der Waals surface area contributed by atoms with Crippen molar-refractivity contribution in [3.8, 4) is 0 Å². The van der Waals surface area contributed by atoms with E-state index in [1.165, 1.54) is 0 Å². The number of furan rings is 1. The van der Waals surface area contributed by atoms with Crippen LogP contribution in [0.4, 0.5) is 5.69 Å². The number of benzene rings is 1. The first-order valence-corrected chi connectivity index (χ1v) is 6.23. The Bertz CT molecular complexity index is 562. The van der Waals surface area contributed by atoms with Gasteiger partial charge in [0.15, 0.2) is 10.9 Å². The molecule has 0 aliphatic carbocycles. The quantitative estimate of drug-likeness (QED) is 0.663. The Morgan fingerprint density at radius 1 is 1.26 bits per heavy atom. The zero-order chi connectivity index (χ0) is 13.7. The average molecular weight is 274 g/mol. The van der Waals surface area contributed by atoms with Gasteiger partial charge in [-0.05, 0) is 49.5 Å². The van der Waals surface area contributed by atoms with E-state index >= 15 is 0 Å².